The topological polar surface area (TPSA) is 79.5 Å². The minimum absolute atomic E-state index is 0.315. The van der Waals surface area contributed by atoms with Gasteiger partial charge in [-0.05, 0) is 44.0 Å². The molecule has 1 N–H and O–H groups in total. The highest BCUT2D eigenvalue weighted by atomic mass is 16.5. The molecule has 0 unspecified atom stereocenters. The quantitative estimate of drug-likeness (QED) is 0.934. The highest BCUT2D eigenvalue weighted by molar-refractivity contribution is 5.88. The van der Waals surface area contributed by atoms with Crippen molar-refractivity contribution in [3.05, 3.63) is 41.5 Å². The lowest BCUT2D eigenvalue weighted by molar-refractivity contribution is 0.0697. The van der Waals surface area contributed by atoms with Crippen LogP contribution in [0.4, 0.5) is 5.69 Å². The van der Waals surface area contributed by atoms with E-state index in [9.17, 15) is 4.79 Å². The monoisotopic (exact) mass is 287 g/mol. The number of anilines is 1. The van der Waals surface area contributed by atoms with E-state index in [0.29, 0.717) is 17.3 Å². The Bertz CT molecular complexity index is 628. The molecule has 1 aromatic heterocycles. The van der Waals surface area contributed by atoms with E-state index in [1.165, 1.54) is 0 Å². The zero-order valence-electron chi connectivity index (χ0n) is 11.8. The maximum Gasteiger partial charge on any atom is 0.335 e. The van der Waals surface area contributed by atoms with E-state index in [1.807, 2.05) is 19.1 Å². The molecule has 1 aliphatic heterocycles. The number of hydrogen-bond acceptors (Lipinski definition) is 5. The predicted octanol–water partition coefficient (Wildman–Crippen LogP) is 2.46. The summed E-state index contributed by atoms with van der Waals surface area (Å²) in [4.78, 5) is 17.4. The largest absolute Gasteiger partial charge is 0.478 e. The normalized spacial score (nSPS) is 16.1. The number of carboxylic acid groups (broad SMARTS) is 1. The van der Waals surface area contributed by atoms with E-state index < -0.39 is 5.97 Å². The van der Waals surface area contributed by atoms with Crippen LogP contribution in [-0.2, 0) is 0 Å². The summed E-state index contributed by atoms with van der Waals surface area (Å²) in [7, 11) is 0. The zero-order chi connectivity index (χ0) is 14.8. The van der Waals surface area contributed by atoms with Gasteiger partial charge in [0, 0.05) is 24.7 Å². The Kier molecular flexibility index (Phi) is 3.60. The standard InChI is InChI=1S/C15H17N3O3/c1-10-16-14(21-17-10)11-6-8-18(9-7-11)13-4-2-12(3-5-13)15(19)20/h2-5,11H,6-9H2,1H3,(H,19,20). The van der Waals surface area contributed by atoms with Crippen LogP contribution in [0.2, 0.25) is 0 Å². The SMILES string of the molecule is Cc1noc(C2CCN(c3ccc(C(=O)O)cc3)CC2)n1. The first-order chi connectivity index (χ1) is 10.1. The second kappa shape index (κ2) is 5.55. The van der Waals surface area contributed by atoms with Gasteiger partial charge in [0.05, 0.1) is 5.56 Å². The number of nitrogens with zero attached hydrogens (tertiary/aromatic N) is 3. The molecule has 0 aliphatic carbocycles. The van der Waals surface area contributed by atoms with E-state index in [2.05, 4.69) is 15.0 Å². The molecule has 0 saturated carbocycles. The number of hydrogen-bond donors (Lipinski definition) is 1. The smallest absolute Gasteiger partial charge is 0.335 e. The van der Waals surface area contributed by atoms with Gasteiger partial charge < -0.3 is 14.5 Å². The number of carbonyl (C=O) groups is 1. The molecule has 110 valence electrons. The lowest BCUT2D eigenvalue weighted by atomic mass is 9.96. The molecule has 1 aromatic carbocycles. The van der Waals surface area contributed by atoms with E-state index in [0.717, 1.165) is 37.5 Å². The number of aromatic nitrogens is 2. The van der Waals surface area contributed by atoms with E-state index in [4.69, 9.17) is 9.63 Å². The molecule has 6 nitrogen and oxygen atoms in total. The fraction of sp³-hybridized carbons (Fsp3) is 0.400. The van der Waals surface area contributed by atoms with Gasteiger partial charge in [-0.2, -0.15) is 4.98 Å². The molecule has 6 heteroatoms. The lowest BCUT2D eigenvalue weighted by Crippen LogP contribution is -2.32. The van der Waals surface area contributed by atoms with Crippen LogP contribution in [0.15, 0.2) is 28.8 Å². The summed E-state index contributed by atoms with van der Waals surface area (Å²) in [6.45, 7) is 3.63. The average molecular weight is 287 g/mol. The number of benzene rings is 1. The van der Waals surface area contributed by atoms with Crippen molar-refractivity contribution >= 4 is 11.7 Å². The Hall–Kier alpha value is -2.37. The van der Waals surface area contributed by atoms with Crippen molar-refractivity contribution in [1.29, 1.82) is 0 Å². The molecular weight excluding hydrogens is 270 g/mol. The molecular formula is C15H17N3O3. The van der Waals surface area contributed by atoms with Crippen molar-refractivity contribution in [3.8, 4) is 0 Å². The van der Waals surface area contributed by atoms with Gasteiger partial charge in [-0.25, -0.2) is 4.79 Å². The van der Waals surface area contributed by atoms with Crippen molar-refractivity contribution in [2.24, 2.45) is 0 Å². The predicted molar refractivity (Wildman–Crippen MR) is 76.6 cm³/mol. The summed E-state index contributed by atoms with van der Waals surface area (Å²) in [6, 6.07) is 7.01. The fourth-order valence-corrected chi connectivity index (χ4v) is 2.68. The Morgan fingerprint density at radius 2 is 1.95 bits per heavy atom. The van der Waals surface area contributed by atoms with Gasteiger partial charge in [0.1, 0.15) is 0 Å². The van der Waals surface area contributed by atoms with Gasteiger partial charge in [0.2, 0.25) is 5.89 Å². The molecule has 0 spiro atoms. The number of aryl methyl sites for hydroxylation is 1. The highest BCUT2D eigenvalue weighted by Gasteiger charge is 2.25. The molecule has 1 fully saturated rings. The molecule has 21 heavy (non-hydrogen) atoms. The molecule has 2 heterocycles. The van der Waals surface area contributed by atoms with E-state index in [-0.39, 0.29) is 0 Å². The molecule has 2 aromatic rings. The average Bonchev–Trinajstić information content (AvgIpc) is 2.94. The summed E-state index contributed by atoms with van der Waals surface area (Å²) in [5, 5.41) is 12.8. The second-order valence-electron chi connectivity index (χ2n) is 5.29. The number of carboxylic acids is 1. The third kappa shape index (κ3) is 2.89. The van der Waals surface area contributed by atoms with Crippen LogP contribution in [-0.4, -0.2) is 34.3 Å². The van der Waals surface area contributed by atoms with Crippen LogP contribution in [0.1, 0.15) is 40.8 Å². The van der Waals surface area contributed by atoms with Crippen LogP contribution in [0.5, 0.6) is 0 Å². The van der Waals surface area contributed by atoms with Crippen molar-refractivity contribution in [3.63, 3.8) is 0 Å². The molecule has 0 bridgehead atoms. The Balaban J connectivity index is 1.64. The van der Waals surface area contributed by atoms with Gasteiger partial charge in [-0.15, -0.1) is 0 Å². The van der Waals surface area contributed by atoms with Crippen LogP contribution >= 0.6 is 0 Å². The van der Waals surface area contributed by atoms with Crippen molar-refractivity contribution in [2.75, 3.05) is 18.0 Å². The van der Waals surface area contributed by atoms with Crippen LogP contribution < -0.4 is 4.90 Å². The summed E-state index contributed by atoms with van der Waals surface area (Å²) in [5.41, 5.74) is 1.37. The summed E-state index contributed by atoms with van der Waals surface area (Å²) < 4.78 is 5.24. The Labute approximate surface area is 122 Å². The number of aromatic carboxylic acids is 1. The fourth-order valence-electron chi connectivity index (χ4n) is 2.68. The maximum absolute atomic E-state index is 10.9. The van der Waals surface area contributed by atoms with Gasteiger partial charge in [-0.1, -0.05) is 5.16 Å². The molecule has 1 saturated heterocycles. The summed E-state index contributed by atoms with van der Waals surface area (Å²) >= 11 is 0. The van der Waals surface area contributed by atoms with Crippen LogP contribution in [0, 0.1) is 6.92 Å². The van der Waals surface area contributed by atoms with Crippen molar-refractivity contribution in [2.45, 2.75) is 25.7 Å². The first-order valence-corrected chi connectivity index (χ1v) is 7.02. The van der Waals surface area contributed by atoms with Gasteiger partial charge in [0.15, 0.2) is 5.82 Å². The van der Waals surface area contributed by atoms with Crippen molar-refractivity contribution in [1.82, 2.24) is 10.1 Å². The van der Waals surface area contributed by atoms with E-state index >= 15 is 0 Å². The summed E-state index contributed by atoms with van der Waals surface area (Å²) in [5.74, 6) is 0.831. The first-order valence-electron chi connectivity index (χ1n) is 7.02. The molecule has 0 amide bonds. The number of piperidine rings is 1. The number of rotatable bonds is 3. The molecule has 0 radical (unpaired) electrons. The van der Waals surface area contributed by atoms with Crippen molar-refractivity contribution < 1.29 is 14.4 Å². The zero-order valence-corrected chi connectivity index (χ0v) is 11.8. The minimum Gasteiger partial charge on any atom is -0.478 e. The first kappa shape index (κ1) is 13.6. The lowest BCUT2D eigenvalue weighted by Gasteiger charge is -2.32. The third-order valence-corrected chi connectivity index (χ3v) is 3.87. The van der Waals surface area contributed by atoms with Gasteiger partial charge in [0.25, 0.3) is 0 Å². The Morgan fingerprint density at radius 1 is 1.29 bits per heavy atom. The molecule has 3 rings (SSSR count). The molecule has 0 atom stereocenters. The van der Waals surface area contributed by atoms with Gasteiger partial charge >= 0.3 is 5.97 Å². The summed E-state index contributed by atoms with van der Waals surface area (Å²) in [6.07, 6.45) is 1.92. The van der Waals surface area contributed by atoms with Crippen LogP contribution in [0.25, 0.3) is 0 Å². The minimum atomic E-state index is -0.896. The van der Waals surface area contributed by atoms with Crippen LogP contribution in [0.3, 0.4) is 0 Å². The second-order valence-corrected chi connectivity index (χ2v) is 5.29. The molecule has 1 aliphatic rings. The van der Waals surface area contributed by atoms with E-state index in [1.54, 1.807) is 12.1 Å². The van der Waals surface area contributed by atoms with Gasteiger partial charge in [-0.3, -0.25) is 0 Å². The highest BCUT2D eigenvalue weighted by Crippen LogP contribution is 2.29. The maximum atomic E-state index is 10.9. The third-order valence-electron chi connectivity index (χ3n) is 3.87. The Morgan fingerprint density at radius 3 is 2.48 bits per heavy atom.